The Bertz CT molecular complexity index is 707. The molecule has 2 aromatic rings. The maximum Gasteiger partial charge on any atom is 0.276 e. The van der Waals surface area contributed by atoms with Crippen molar-refractivity contribution in [1.29, 1.82) is 0 Å². The average Bonchev–Trinajstić information content (AvgIpc) is 2.84. The first-order valence-electron chi connectivity index (χ1n) is 5.85. The van der Waals surface area contributed by atoms with E-state index in [2.05, 4.69) is 15.3 Å². The molecular formula is C11H13F3N4OS. The zero-order valence-electron chi connectivity index (χ0n) is 10.5. The van der Waals surface area contributed by atoms with Gasteiger partial charge in [0.05, 0.1) is 12.1 Å². The van der Waals surface area contributed by atoms with Gasteiger partial charge in [0.2, 0.25) is 0 Å². The van der Waals surface area contributed by atoms with E-state index in [-0.39, 0.29) is 16.8 Å². The van der Waals surface area contributed by atoms with Crippen molar-refractivity contribution in [3.63, 3.8) is 0 Å². The van der Waals surface area contributed by atoms with Gasteiger partial charge in [0.15, 0.2) is 4.77 Å². The molecule has 0 aliphatic rings. The molecule has 0 amide bonds. The lowest BCUT2D eigenvalue weighted by molar-refractivity contribution is 0.0530. The summed E-state index contributed by atoms with van der Waals surface area (Å²) in [5.41, 5.74) is 0.176. The molecule has 9 heteroatoms. The lowest BCUT2D eigenvalue weighted by atomic mass is 10.2. The van der Waals surface area contributed by atoms with Crippen LogP contribution in [-0.4, -0.2) is 40.2 Å². The molecule has 2 heterocycles. The highest BCUT2D eigenvalue weighted by Crippen LogP contribution is 2.14. The van der Waals surface area contributed by atoms with Crippen LogP contribution in [0.3, 0.4) is 0 Å². The summed E-state index contributed by atoms with van der Waals surface area (Å²) in [6, 6.07) is -0.0538. The van der Waals surface area contributed by atoms with Gasteiger partial charge in [0.1, 0.15) is 17.7 Å². The summed E-state index contributed by atoms with van der Waals surface area (Å²) in [5, 5.41) is 2.24. The molecule has 20 heavy (non-hydrogen) atoms. The monoisotopic (exact) mass is 306 g/mol. The predicted octanol–water partition coefficient (Wildman–Crippen LogP) is 1.58. The van der Waals surface area contributed by atoms with Gasteiger partial charge in [-0.3, -0.25) is 9.78 Å². The van der Waals surface area contributed by atoms with Gasteiger partial charge in [-0.1, -0.05) is 0 Å². The van der Waals surface area contributed by atoms with E-state index >= 15 is 0 Å². The molecule has 0 aliphatic heterocycles. The zero-order chi connectivity index (χ0) is 14.9. The van der Waals surface area contributed by atoms with Crippen LogP contribution in [0.1, 0.15) is 0 Å². The van der Waals surface area contributed by atoms with Gasteiger partial charge in [-0.25, -0.2) is 13.2 Å². The molecule has 5 nitrogen and oxygen atoms in total. The van der Waals surface area contributed by atoms with Crippen LogP contribution in [0, 0.1) is 4.77 Å². The van der Waals surface area contributed by atoms with Crippen molar-refractivity contribution < 1.29 is 13.2 Å². The predicted molar refractivity (Wildman–Crippen MR) is 71.5 cm³/mol. The van der Waals surface area contributed by atoms with E-state index < -0.39 is 24.2 Å². The molecule has 2 aromatic heterocycles. The van der Waals surface area contributed by atoms with Crippen molar-refractivity contribution in [3.05, 3.63) is 27.4 Å². The van der Waals surface area contributed by atoms with Crippen molar-refractivity contribution in [3.8, 4) is 0 Å². The number of rotatable bonds is 5. The van der Waals surface area contributed by atoms with E-state index in [1.807, 2.05) is 0 Å². The van der Waals surface area contributed by atoms with Crippen molar-refractivity contribution in [2.75, 3.05) is 7.05 Å². The van der Waals surface area contributed by atoms with Crippen LogP contribution in [0.4, 0.5) is 13.2 Å². The molecule has 0 aromatic carbocycles. The Morgan fingerprint density at radius 1 is 1.45 bits per heavy atom. The van der Waals surface area contributed by atoms with Gasteiger partial charge < -0.3 is 14.9 Å². The molecular weight excluding hydrogens is 293 g/mol. The van der Waals surface area contributed by atoms with Gasteiger partial charge >= 0.3 is 0 Å². The third kappa shape index (κ3) is 2.63. The molecule has 2 unspecified atom stereocenters. The molecule has 0 bridgehead atoms. The Kier molecular flexibility index (Phi) is 4.29. The summed E-state index contributed by atoms with van der Waals surface area (Å²) in [6.45, 7) is -0.375. The smallest absolute Gasteiger partial charge is 0.276 e. The fourth-order valence-electron chi connectivity index (χ4n) is 2.04. The highest BCUT2D eigenvalue weighted by Gasteiger charge is 2.29. The minimum Gasteiger partial charge on any atom is -0.355 e. The number of aromatic nitrogens is 3. The van der Waals surface area contributed by atoms with E-state index in [1.54, 1.807) is 6.07 Å². The summed E-state index contributed by atoms with van der Waals surface area (Å²) < 4.78 is 40.6. The zero-order valence-corrected chi connectivity index (χ0v) is 11.3. The standard InChI is InChI=1S/C11H13F3N4OS/c1-15-7(9(13)14)5(12)4-18-6-2-3-16-8(6)10(19)17-11(18)20/h2-3,5,7,9,15-16H,4H2,1H3,(H,17,19,20). The molecule has 2 rings (SSSR count). The third-order valence-corrected chi connectivity index (χ3v) is 3.38. The number of halogens is 3. The second-order valence-electron chi connectivity index (χ2n) is 4.27. The van der Waals surface area contributed by atoms with E-state index in [0.29, 0.717) is 5.52 Å². The maximum atomic E-state index is 14.0. The van der Waals surface area contributed by atoms with Gasteiger partial charge in [0, 0.05) is 6.20 Å². The molecule has 3 N–H and O–H groups in total. The molecule has 0 saturated carbocycles. The van der Waals surface area contributed by atoms with Crippen LogP contribution in [0.5, 0.6) is 0 Å². The summed E-state index contributed by atoms with van der Waals surface area (Å²) in [5.74, 6) is 0. The first kappa shape index (κ1) is 14.8. The van der Waals surface area contributed by atoms with Crippen LogP contribution < -0.4 is 10.9 Å². The minimum absolute atomic E-state index is 0.00568. The highest BCUT2D eigenvalue weighted by molar-refractivity contribution is 7.71. The second kappa shape index (κ2) is 5.80. The van der Waals surface area contributed by atoms with E-state index in [9.17, 15) is 18.0 Å². The Hall–Kier alpha value is -1.61. The summed E-state index contributed by atoms with van der Waals surface area (Å²) in [4.78, 5) is 16.7. The van der Waals surface area contributed by atoms with Crippen molar-refractivity contribution in [2.45, 2.75) is 25.2 Å². The second-order valence-corrected chi connectivity index (χ2v) is 4.66. The fourth-order valence-corrected chi connectivity index (χ4v) is 2.30. The van der Waals surface area contributed by atoms with Gasteiger partial charge in [0.25, 0.3) is 12.0 Å². The average molecular weight is 306 g/mol. The van der Waals surface area contributed by atoms with Crippen molar-refractivity contribution in [1.82, 2.24) is 19.9 Å². The number of alkyl halides is 3. The van der Waals surface area contributed by atoms with Gasteiger partial charge in [-0.2, -0.15) is 0 Å². The van der Waals surface area contributed by atoms with Crippen LogP contribution >= 0.6 is 12.2 Å². The van der Waals surface area contributed by atoms with Crippen molar-refractivity contribution in [2.24, 2.45) is 0 Å². The highest BCUT2D eigenvalue weighted by atomic mass is 32.1. The maximum absolute atomic E-state index is 14.0. The number of aromatic amines is 2. The van der Waals surface area contributed by atoms with Crippen molar-refractivity contribution >= 4 is 23.3 Å². The Morgan fingerprint density at radius 3 is 2.75 bits per heavy atom. The largest absolute Gasteiger partial charge is 0.355 e. The number of fused-ring (bicyclic) bond motifs is 1. The lowest BCUT2D eigenvalue weighted by Gasteiger charge is -2.21. The van der Waals surface area contributed by atoms with Crippen LogP contribution in [0.25, 0.3) is 11.0 Å². The molecule has 0 spiro atoms. The van der Waals surface area contributed by atoms with E-state index in [1.165, 1.54) is 17.8 Å². The Morgan fingerprint density at radius 2 is 2.15 bits per heavy atom. The number of hydrogen-bond acceptors (Lipinski definition) is 3. The SMILES string of the molecule is CNC(C(F)F)C(F)Cn1c(=S)[nH]c(=O)c2[nH]ccc21. The molecule has 0 radical (unpaired) electrons. The summed E-state index contributed by atoms with van der Waals surface area (Å²) in [7, 11) is 1.27. The number of H-pyrrole nitrogens is 2. The summed E-state index contributed by atoms with van der Waals surface area (Å²) in [6.07, 6.45) is -3.19. The van der Waals surface area contributed by atoms with Crippen LogP contribution in [0.15, 0.2) is 17.1 Å². The molecule has 2 atom stereocenters. The number of nitrogens with one attached hydrogen (secondary N) is 3. The van der Waals surface area contributed by atoms with Crippen LogP contribution in [-0.2, 0) is 6.54 Å². The molecule has 0 fully saturated rings. The molecule has 0 aliphatic carbocycles. The van der Waals surface area contributed by atoms with E-state index in [0.717, 1.165) is 0 Å². The molecule has 0 saturated heterocycles. The fraction of sp³-hybridized carbons (Fsp3) is 0.455. The Labute approximate surface area is 116 Å². The normalized spacial score (nSPS) is 14.8. The third-order valence-electron chi connectivity index (χ3n) is 3.06. The first-order valence-corrected chi connectivity index (χ1v) is 6.26. The lowest BCUT2D eigenvalue weighted by Crippen LogP contribution is -2.43. The minimum atomic E-state index is -2.84. The Balaban J connectivity index is 2.41. The first-order chi connectivity index (χ1) is 9.45. The molecule has 110 valence electrons. The van der Waals surface area contributed by atoms with Gasteiger partial charge in [-0.05, 0) is 25.3 Å². The van der Waals surface area contributed by atoms with E-state index in [4.69, 9.17) is 12.2 Å². The van der Waals surface area contributed by atoms with Crippen LogP contribution in [0.2, 0.25) is 0 Å². The number of nitrogens with zero attached hydrogens (tertiary/aromatic N) is 1. The quantitative estimate of drug-likeness (QED) is 0.735. The summed E-state index contributed by atoms with van der Waals surface area (Å²) >= 11 is 4.96. The van der Waals surface area contributed by atoms with Gasteiger partial charge in [-0.15, -0.1) is 0 Å². The topological polar surface area (TPSA) is 65.6 Å². The number of hydrogen-bond donors (Lipinski definition) is 3.